The third-order valence-electron chi connectivity index (χ3n) is 5.11. The van der Waals surface area contributed by atoms with Crippen LogP contribution in [0.2, 0.25) is 0 Å². The molecule has 0 aromatic heterocycles. The van der Waals surface area contributed by atoms with Crippen LogP contribution in [-0.4, -0.2) is 23.7 Å². The van der Waals surface area contributed by atoms with Crippen LogP contribution in [0.15, 0.2) is 24.3 Å². The van der Waals surface area contributed by atoms with Gasteiger partial charge in [0.25, 0.3) is 0 Å². The van der Waals surface area contributed by atoms with Crippen LogP contribution in [0.5, 0.6) is 0 Å². The highest BCUT2D eigenvalue weighted by molar-refractivity contribution is 5.86. The van der Waals surface area contributed by atoms with Crippen molar-refractivity contribution in [2.45, 2.75) is 116 Å². The monoisotopic (exact) mass is 408 g/mol. The van der Waals surface area contributed by atoms with Gasteiger partial charge in [-0.05, 0) is 26.2 Å². The van der Waals surface area contributed by atoms with E-state index in [1.165, 1.54) is 89.5 Å². The number of ether oxygens (including phenoxy) is 1. The fourth-order valence-corrected chi connectivity index (χ4v) is 3.31. The van der Waals surface area contributed by atoms with Crippen LogP contribution >= 0.6 is 0 Å². The predicted octanol–water partition coefficient (Wildman–Crippen LogP) is 7.38. The van der Waals surface area contributed by atoms with Crippen LogP contribution in [0.3, 0.4) is 0 Å². The van der Waals surface area contributed by atoms with Crippen LogP contribution < -0.4 is 0 Å². The number of carboxylic acid groups (broad SMARTS) is 1. The maximum absolute atomic E-state index is 11.2. The molecular weight excluding hydrogens is 364 g/mol. The summed E-state index contributed by atoms with van der Waals surface area (Å²) in [5.74, 6) is -1.12. The summed E-state index contributed by atoms with van der Waals surface area (Å²) in [6.45, 7) is 5.77. The summed E-state index contributed by atoms with van der Waals surface area (Å²) in [4.78, 5) is 21.5. The van der Waals surface area contributed by atoms with Gasteiger partial charge in [0.05, 0.1) is 6.61 Å². The summed E-state index contributed by atoms with van der Waals surface area (Å²) in [5.41, 5.74) is 0.476. The molecule has 0 atom stereocenters. The zero-order valence-corrected chi connectivity index (χ0v) is 18.8. The average Bonchev–Trinajstić information content (AvgIpc) is 2.68. The number of aliphatic carboxylic acids is 1. The van der Waals surface area contributed by atoms with E-state index in [1.807, 2.05) is 0 Å². The first-order chi connectivity index (χ1) is 14.0. The molecule has 0 aliphatic rings. The molecule has 0 rings (SSSR count). The SMILES string of the molecule is C=C(C)C(=O)OCCCCCCCCCCCCCCCCCCC=CC(=O)O. The van der Waals surface area contributed by atoms with E-state index in [2.05, 4.69) is 6.58 Å². The third kappa shape index (κ3) is 22.6. The molecule has 0 aromatic carbocycles. The molecule has 0 radical (unpaired) electrons. The van der Waals surface area contributed by atoms with Gasteiger partial charge < -0.3 is 9.84 Å². The summed E-state index contributed by atoms with van der Waals surface area (Å²) < 4.78 is 5.09. The zero-order chi connectivity index (χ0) is 21.6. The number of carbonyl (C=O) groups excluding carboxylic acids is 1. The van der Waals surface area contributed by atoms with Gasteiger partial charge in [0, 0.05) is 11.6 Å². The molecule has 168 valence electrons. The number of allylic oxidation sites excluding steroid dienone is 1. The van der Waals surface area contributed by atoms with E-state index in [1.54, 1.807) is 13.0 Å². The van der Waals surface area contributed by atoms with Crippen molar-refractivity contribution in [3.8, 4) is 0 Å². The van der Waals surface area contributed by atoms with Gasteiger partial charge in [-0.25, -0.2) is 9.59 Å². The number of hydrogen-bond donors (Lipinski definition) is 1. The largest absolute Gasteiger partial charge is 0.478 e. The normalized spacial score (nSPS) is 11.1. The Hall–Kier alpha value is -1.58. The number of rotatable bonds is 21. The van der Waals surface area contributed by atoms with Crippen LogP contribution in [-0.2, 0) is 14.3 Å². The topological polar surface area (TPSA) is 63.6 Å². The zero-order valence-electron chi connectivity index (χ0n) is 18.8. The van der Waals surface area contributed by atoms with E-state index in [9.17, 15) is 9.59 Å². The first kappa shape index (κ1) is 27.4. The van der Waals surface area contributed by atoms with Gasteiger partial charge in [-0.3, -0.25) is 0 Å². The number of unbranched alkanes of at least 4 members (excludes halogenated alkanes) is 16. The van der Waals surface area contributed by atoms with E-state index in [4.69, 9.17) is 9.84 Å². The molecule has 0 amide bonds. The first-order valence-corrected chi connectivity index (χ1v) is 11.8. The van der Waals surface area contributed by atoms with Gasteiger partial charge in [0.2, 0.25) is 0 Å². The van der Waals surface area contributed by atoms with Gasteiger partial charge in [0.1, 0.15) is 0 Å². The number of esters is 1. The lowest BCUT2D eigenvalue weighted by Crippen LogP contribution is -2.05. The van der Waals surface area contributed by atoms with Gasteiger partial charge >= 0.3 is 11.9 Å². The van der Waals surface area contributed by atoms with E-state index in [-0.39, 0.29) is 5.97 Å². The Balaban J connectivity index is 3.11. The van der Waals surface area contributed by atoms with Gasteiger partial charge in [-0.15, -0.1) is 0 Å². The van der Waals surface area contributed by atoms with Crippen LogP contribution in [0.1, 0.15) is 116 Å². The quantitative estimate of drug-likeness (QED) is 0.122. The van der Waals surface area contributed by atoms with E-state index < -0.39 is 5.97 Å². The van der Waals surface area contributed by atoms with Crippen molar-refractivity contribution in [3.63, 3.8) is 0 Å². The molecular formula is C25H44O4. The Labute approximate surface area is 178 Å². The number of hydrogen-bond acceptors (Lipinski definition) is 3. The van der Waals surface area contributed by atoms with Gasteiger partial charge in [0.15, 0.2) is 0 Å². The van der Waals surface area contributed by atoms with E-state index in [0.29, 0.717) is 12.2 Å². The van der Waals surface area contributed by atoms with Crippen LogP contribution in [0, 0.1) is 0 Å². The minimum atomic E-state index is -0.847. The Morgan fingerprint density at radius 2 is 1.10 bits per heavy atom. The third-order valence-corrected chi connectivity index (χ3v) is 5.11. The lowest BCUT2D eigenvalue weighted by Gasteiger charge is -2.05. The van der Waals surface area contributed by atoms with Crippen molar-refractivity contribution in [1.29, 1.82) is 0 Å². The molecule has 0 saturated carbocycles. The lowest BCUT2D eigenvalue weighted by molar-refractivity contribution is -0.139. The lowest BCUT2D eigenvalue weighted by atomic mass is 10.0. The summed E-state index contributed by atoms with van der Waals surface area (Å²) in [7, 11) is 0. The summed E-state index contributed by atoms with van der Waals surface area (Å²) in [6, 6.07) is 0. The highest BCUT2D eigenvalue weighted by Gasteiger charge is 2.01. The van der Waals surface area contributed by atoms with Crippen LogP contribution in [0.25, 0.3) is 0 Å². The smallest absolute Gasteiger partial charge is 0.333 e. The minimum Gasteiger partial charge on any atom is -0.478 e. The van der Waals surface area contributed by atoms with Crippen molar-refractivity contribution in [3.05, 3.63) is 24.3 Å². The number of carbonyl (C=O) groups is 2. The second kappa shape index (κ2) is 21.1. The first-order valence-electron chi connectivity index (χ1n) is 11.8. The van der Waals surface area contributed by atoms with Gasteiger partial charge in [-0.1, -0.05) is 103 Å². The summed E-state index contributed by atoms with van der Waals surface area (Å²) in [6.07, 6.45) is 24.3. The molecule has 0 fully saturated rings. The fraction of sp³-hybridized carbons (Fsp3) is 0.760. The molecule has 1 N–H and O–H groups in total. The van der Waals surface area contributed by atoms with Crippen molar-refractivity contribution in [1.82, 2.24) is 0 Å². The predicted molar refractivity (Wildman–Crippen MR) is 121 cm³/mol. The van der Waals surface area contributed by atoms with Crippen molar-refractivity contribution < 1.29 is 19.4 Å². The Bertz CT molecular complexity index is 454. The molecule has 0 aliphatic carbocycles. The molecule has 29 heavy (non-hydrogen) atoms. The summed E-state index contributed by atoms with van der Waals surface area (Å²) in [5, 5.41) is 8.49. The molecule has 0 bridgehead atoms. The fourth-order valence-electron chi connectivity index (χ4n) is 3.31. The van der Waals surface area contributed by atoms with Crippen molar-refractivity contribution >= 4 is 11.9 Å². The molecule has 0 unspecified atom stereocenters. The molecule has 0 spiro atoms. The highest BCUT2D eigenvalue weighted by atomic mass is 16.5. The summed E-state index contributed by atoms with van der Waals surface area (Å²) >= 11 is 0. The number of carboxylic acids is 1. The molecule has 0 heterocycles. The second-order valence-electron chi connectivity index (χ2n) is 8.10. The molecule has 0 saturated heterocycles. The Kier molecular flexibility index (Phi) is 20.0. The Morgan fingerprint density at radius 1 is 0.724 bits per heavy atom. The van der Waals surface area contributed by atoms with Crippen molar-refractivity contribution in [2.24, 2.45) is 0 Å². The molecule has 4 nitrogen and oxygen atoms in total. The van der Waals surface area contributed by atoms with Gasteiger partial charge in [-0.2, -0.15) is 0 Å². The molecule has 0 aromatic rings. The standard InChI is InChI=1S/C25H44O4/c1-23(2)25(28)29-22-20-18-16-14-12-10-8-6-4-3-5-7-9-11-13-15-17-19-21-24(26)27/h19,21H,1,3-18,20,22H2,2H3,(H,26,27). The molecule has 4 heteroatoms. The maximum atomic E-state index is 11.2. The second-order valence-corrected chi connectivity index (χ2v) is 8.10. The van der Waals surface area contributed by atoms with E-state index >= 15 is 0 Å². The Morgan fingerprint density at radius 3 is 1.48 bits per heavy atom. The highest BCUT2D eigenvalue weighted by Crippen LogP contribution is 2.14. The van der Waals surface area contributed by atoms with Crippen LogP contribution in [0.4, 0.5) is 0 Å². The van der Waals surface area contributed by atoms with E-state index in [0.717, 1.165) is 25.7 Å². The van der Waals surface area contributed by atoms with Crippen molar-refractivity contribution in [2.75, 3.05) is 6.61 Å². The maximum Gasteiger partial charge on any atom is 0.333 e. The minimum absolute atomic E-state index is 0.271. The molecule has 0 aliphatic heterocycles. The average molecular weight is 409 g/mol.